The summed E-state index contributed by atoms with van der Waals surface area (Å²) >= 11 is 0. The van der Waals surface area contributed by atoms with Gasteiger partial charge in [0.15, 0.2) is 0 Å². The molecule has 3 rings (SSSR count). The van der Waals surface area contributed by atoms with Crippen LogP contribution in [0.4, 0.5) is 0 Å². The van der Waals surface area contributed by atoms with Crippen LogP contribution < -0.4 is 0 Å². The van der Waals surface area contributed by atoms with E-state index >= 15 is 0 Å². The summed E-state index contributed by atoms with van der Waals surface area (Å²) in [5.74, 6) is 3.40. The van der Waals surface area contributed by atoms with E-state index in [-0.39, 0.29) is 0 Å². The summed E-state index contributed by atoms with van der Waals surface area (Å²) in [5.41, 5.74) is 0. The van der Waals surface area contributed by atoms with Crippen molar-refractivity contribution in [2.24, 2.45) is 23.7 Å². The van der Waals surface area contributed by atoms with Gasteiger partial charge in [0.1, 0.15) is 5.78 Å². The number of rotatable bonds is 0. The lowest BCUT2D eigenvalue weighted by Gasteiger charge is -2.32. The van der Waals surface area contributed by atoms with E-state index in [1.807, 2.05) is 0 Å². The van der Waals surface area contributed by atoms with Crippen LogP contribution in [0.2, 0.25) is 0 Å². The molecule has 0 aromatic carbocycles. The Balaban J connectivity index is 2.02. The Hall–Kier alpha value is -0.330. The van der Waals surface area contributed by atoms with Crippen LogP contribution in [0.15, 0.2) is 0 Å². The molecule has 0 aromatic rings. The van der Waals surface area contributed by atoms with E-state index in [4.69, 9.17) is 0 Å². The van der Waals surface area contributed by atoms with Gasteiger partial charge in [-0.3, -0.25) is 4.79 Å². The fourth-order valence-corrected chi connectivity index (χ4v) is 3.60. The van der Waals surface area contributed by atoms with E-state index in [9.17, 15) is 4.79 Å². The number of carbonyl (C=O) groups excluding carboxylic acids is 1. The summed E-state index contributed by atoms with van der Waals surface area (Å²) in [4.78, 5) is 11.6. The maximum Gasteiger partial charge on any atom is 0.139 e. The Morgan fingerprint density at radius 3 is 2.91 bits per heavy atom. The molecule has 3 saturated carbocycles. The predicted octanol–water partition coefficient (Wildman–Crippen LogP) is 2.01. The Labute approximate surface area is 67.2 Å². The lowest BCUT2D eigenvalue weighted by molar-refractivity contribution is -0.132. The Bertz CT molecular complexity index is 209. The molecule has 0 spiro atoms. The molecule has 3 bridgehead atoms. The summed E-state index contributed by atoms with van der Waals surface area (Å²) < 4.78 is 0. The third kappa shape index (κ3) is 0.692. The summed E-state index contributed by atoms with van der Waals surface area (Å²) in [6.45, 7) is 0. The lowest BCUT2D eigenvalue weighted by atomic mass is 9.71. The number of fused-ring (bicyclic) bond motifs is 2. The lowest BCUT2D eigenvalue weighted by Crippen LogP contribution is -2.34. The standard InChI is InChI=1S/C10H14O/c11-10-8-2-1-7-3-6(4-8)5-9(7)10/h6-9H,1-5H2. The third-order valence-corrected chi connectivity index (χ3v) is 4.06. The molecule has 60 valence electrons. The monoisotopic (exact) mass is 150 g/mol. The van der Waals surface area contributed by atoms with Gasteiger partial charge in [-0.05, 0) is 43.9 Å². The normalized spacial score (nSPS) is 53.6. The van der Waals surface area contributed by atoms with Gasteiger partial charge in [-0.25, -0.2) is 0 Å². The summed E-state index contributed by atoms with van der Waals surface area (Å²) in [7, 11) is 0. The molecular formula is C10H14O. The second kappa shape index (κ2) is 1.88. The molecule has 3 fully saturated rings. The molecule has 0 amide bonds. The van der Waals surface area contributed by atoms with Gasteiger partial charge in [-0.1, -0.05) is 0 Å². The fourth-order valence-electron chi connectivity index (χ4n) is 3.60. The SMILES string of the molecule is O=C1C2CCC3CC(C2)CC13. The Kier molecular flexibility index (Phi) is 1.06. The van der Waals surface area contributed by atoms with Crippen LogP contribution in [-0.2, 0) is 4.79 Å². The maximum absolute atomic E-state index is 11.6. The highest BCUT2D eigenvalue weighted by atomic mass is 16.1. The van der Waals surface area contributed by atoms with Crippen molar-refractivity contribution in [2.45, 2.75) is 32.1 Å². The van der Waals surface area contributed by atoms with E-state index in [1.165, 1.54) is 32.1 Å². The first kappa shape index (κ1) is 6.22. The second-order valence-corrected chi connectivity index (χ2v) is 4.62. The predicted molar refractivity (Wildman–Crippen MR) is 42.1 cm³/mol. The van der Waals surface area contributed by atoms with Crippen LogP contribution in [0.1, 0.15) is 32.1 Å². The van der Waals surface area contributed by atoms with Gasteiger partial charge >= 0.3 is 0 Å². The van der Waals surface area contributed by atoms with Crippen LogP contribution in [0, 0.1) is 23.7 Å². The minimum atomic E-state index is 0.498. The first-order valence-corrected chi connectivity index (χ1v) is 4.88. The molecule has 0 radical (unpaired) electrons. The Morgan fingerprint density at radius 2 is 2.00 bits per heavy atom. The van der Waals surface area contributed by atoms with E-state index in [2.05, 4.69) is 0 Å². The number of ketones is 1. The number of hydrogen-bond donors (Lipinski definition) is 0. The molecule has 0 N–H and O–H groups in total. The largest absolute Gasteiger partial charge is 0.299 e. The third-order valence-electron chi connectivity index (χ3n) is 4.06. The summed E-state index contributed by atoms with van der Waals surface area (Å²) in [5, 5.41) is 0. The smallest absolute Gasteiger partial charge is 0.139 e. The zero-order valence-electron chi connectivity index (χ0n) is 6.75. The molecule has 4 atom stereocenters. The molecule has 0 saturated heterocycles. The summed E-state index contributed by atoms with van der Waals surface area (Å²) in [6, 6.07) is 0. The molecule has 1 heteroatoms. The van der Waals surface area contributed by atoms with E-state index in [0.717, 1.165) is 11.8 Å². The highest BCUT2D eigenvalue weighted by Crippen LogP contribution is 2.52. The van der Waals surface area contributed by atoms with Crippen molar-refractivity contribution in [1.29, 1.82) is 0 Å². The van der Waals surface area contributed by atoms with Crippen molar-refractivity contribution in [3.05, 3.63) is 0 Å². The number of carbonyl (C=O) groups is 1. The van der Waals surface area contributed by atoms with E-state index < -0.39 is 0 Å². The molecule has 0 heterocycles. The first-order valence-electron chi connectivity index (χ1n) is 4.88. The van der Waals surface area contributed by atoms with Crippen LogP contribution in [0.25, 0.3) is 0 Å². The topological polar surface area (TPSA) is 17.1 Å². The van der Waals surface area contributed by atoms with Crippen molar-refractivity contribution >= 4 is 5.78 Å². The molecule has 1 nitrogen and oxygen atoms in total. The van der Waals surface area contributed by atoms with E-state index in [1.54, 1.807) is 0 Å². The van der Waals surface area contributed by atoms with Crippen molar-refractivity contribution in [3.8, 4) is 0 Å². The van der Waals surface area contributed by atoms with Crippen molar-refractivity contribution in [3.63, 3.8) is 0 Å². The average molecular weight is 150 g/mol. The van der Waals surface area contributed by atoms with Gasteiger partial charge in [0.05, 0.1) is 0 Å². The first-order chi connectivity index (χ1) is 5.34. The zero-order chi connectivity index (χ0) is 7.42. The number of hydrogen-bond acceptors (Lipinski definition) is 1. The maximum atomic E-state index is 11.6. The molecule has 3 aliphatic rings. The molecular weight excluding hydrogens is 136 g/mol. The highest BCUT2D eigenvalue weighted by molar-refractivity contribution is 5.85. The average Bonchev–Trinajstić information content (AvgIpc) is 2.19. The zero-order valence-corrected chi connectivity index (χ0v) is 6.75. The fraction of sp³-hybridized carbons (Fsp3) is 0.900. The molecule has 3 aliphatic carbocycles. The molecule has 11 heavy (non-hydrogen) atoms. The van der Waals surface area contributed by atoms with Gasteiger partial charge in [0.25, 0.3) is 0 Å². The van der Waals surface area contributed by atoms with Gasteiger partial charge in [-0.2, -0.15) is 0 Å². The minimum absolute atomic E-state index is 0.498. The van der Waals surface area contributed by atoms with Gasteiger partial charge in [0.2, 0.25) is 0 Å². The minimum Gasteiger partial charge on any atom is -0.299 e. The second-order valence-electron chi connectivity index (χ2n) is 4.62. The Morgan fingerprint density at radius 1 is 1.09 bits per heavy atom. The molecule has 0 aliphatic heterocycles. The van der Waals surface area contributed by atoms with Gasteiger partial charge in [0, 0.05) is 11.8 Å². The molecule has 4 unspecified atom stereocenters. The summed E-state index contributed by atoms with van der Waals surface area (Å²) in [6.07, 6.45) is 6.45. The van der Waals surface area contributed by atoms with E-state index in [0.29, 0.717) is 17.6 Å². The quantitative estimate of drug-likeness (QED) is 0.516. The van der Waals surface area contributed by atoms with Crippen LogP contribution >= 0.6 is 0 Å². The highest BCUT2D eigenvalue weighted by Gasteiger charge is 2.49. The van der Waals surface area contributed by atoms with Crippen molar-refractivity contribution < 1.29 is 4.79 Å². The van der Waals surface area contributed by atoms with Crippen LogP contribution in [0.5, 0.6) is 0 Å². The van der Waals surface area contributed by atoms with Gasteiger partial charge < -0.3 is 0 Å². The molecule has 0 aromatic heterocycles. The van der Waals surface area contributed by atoms with Crippen LogP contribution in [0.3, 0.4) is 0 Å². The van der Waals surface area contributed by atoms with Crippen molar-refractivity contribution in [2.75, 3.05) is 0 Å². The van der Waals surface area contributed by atoms with Gasteiger partial charge in [-0.15, -0.1) is 0 Å². The van der Waals surface area contributed by atoms with Crippen molar-refractivity contribution in [1.82, 2.24) is 0 Å². The van der Waals surface area contributed by atoms with Crippen LogP contribution in [-0.4, -0.2) is 5.78 Å². The number of Topliss-reactive ketones (excluding diaryl/α,β-unsaturated/α-hetero) is 1.